The van der Waals surface area contributed by atoms with Crippen molar-refractivity contribution in [3.05, 3.63) is 81.7 Å². The predicted molar refractivity (Wildman–Crippen MR) is 113 cm³/mol. The smallest absolute Gasteiger partial charge is 0.252 e. The van der Waals surface area contributed by atoms with Crippen molar-refractivity contribution in [2.45, 2.75) is 19.4 Å². The standard InChI is InChI=1S/C22H20ClN3O2/c23-18-5-3-15(4-6-18)16-12-17(22(28)25-13-16)14-24-19-7-9-20(10-8-19)26-11-1-2-21(26)27/h3-10,12-13,24H,1-2,11,14H2,(H,25,28). The van der Waals surface area contributed by atoms with Gasteiger partial charge in [-0.3, -0.25) is 9.59 Å². The van der Waals surface area contributed by atoms with Gasteiger partial charge in [-0.15, -0.1) is 0 Å². The number of aromatic amines is 1. The maximum atomic E-state index is 12.2. The van der Waals surface area contributed by atoms with Gasteiger partial charge in [0.1, 0.15) is 0 Å². The van der Waals surface area contributed by atoms with Crippen molar-refractivity contribution in [2.75, 3.05) is 16.8 Å². The van der Waals surface area contributed by atoms with E-state index in [1.807, 2.05) is 59.5 Å². The highest BCUT2D eigenvalue weighted by atomic mass is 35.5. The Morgan fingerprint density at radius 2 is 1.75 bits per heavy atom. The van der Waals surface area contributed by atoms with Crippen LogP contribution in [0.1, 0.15) is 18.4 Å². The van der Waals surface area contributed by atoms with Crippen LogP contribution in [-0.4, -0.2) is 17.4 Å². The first-order chi connectivity index (χ1) is 13.6. The zero-order chi connectivity index (χ0) is 19.5. The SMILES string of the molecule is O=C1CCCN1c1ccc(NCc2cc(-c3ccc(Cl)cc3)c[nH]c2=O)cc1. The second kappa shape index (κ2) is 7.90. The van der Waals surface area contributed by atoms with Gasteiger partial charge in [0.2, 0.25) is 5.91 Å². The van der Waals surface area contributed by atoms with E-state index >= 15 is 0 Å². The largest absolute Gasteiger partial charge is 0.381 e. The molecule has 0 radical (unpaired) electrons. The fourth-order valence-corrected chi connectivity index (χ4v) is 3.47. The first-order valence-electron chi connectivity index (χ1n) is 9.22. The highest BCUT2D eigenvalue weighted by molar-refractivity contribution is 6.30. The summed E-state index contributed by atoms with van der Waals surface area (Å²) in [5.74, 6) is 0.172. The third kappa shape index (κ3) is 3.94. The summed E-state index contributed by atoms with van der Waals surface area (Å²) in [6.07, 6.45) is 3.23. The van der Waals surface area contributed by atoms with E-state index in [1.165, 1.54) is 0 Å². The maximum Gasteiger partial charge on any atom is 0.252 e. The normalized spacial score (nSPS) is 13.8. The summed E-state index contributed by atoms with van der Waals surface area (Å²) in [5, 5.41) is 3.95. The summed E-state index contributed by atoms with van der Waals surface area (Å²) in [7, 11) is 0. The number of halogens is 1. The number of H-pyrrole nitrogens is 1. The molecule has 0 saturated carbocycles. The molecule has 28 heavy (non-hydrogen) atoms. The summed E-state index contributed by atoms with van der Waals surface area (Å²) in [6.45, 7) is 1.18. The minimum atomic E-state index is -0.121. The number of nitrogens with zero attached hydrogens (tertiary/aromatic N) is 1. The van der Waals surface area contributed by atoms with Gasteiger partial charge in [-0.1, -0.05) is 23.7 Å². The molecule has 0 spiro atoms. The third-order valence-corrected chi connectivity index (χ3v) is 5.15. The molecule has 2 aromatic carbocycles. The van der Waals surface area contributed by atoms with Crippen molar-refractivity contribution < 1.29 is 4.79 Å². The molecule has 1 fully saturated rings. The number of hydrogen-bond donors (Lipinski definition) is 2. The molecule has 5 nitrogen and oxygen atoms in total. The summed E-state index contributed by atoms with van der Waals surface area (Å²) < 4.78 is 0. The molecule has 1 aromatic heterocycles. The first-order valence-corrected chi connectivity index (χ1v) is 9.60. The fraction of sp³-hybridized carbons (Fsp3) is 0.182. The van der Waals surface area contributed by atoms with Crippen LogP contribution < -0.4 is 15.8 Å². The molecule has 6 heteroatoms. The third-order valence-electron chi connectivity index (χ3n) is 4.89. The monoisotopic (exact) mass is 393 g/mol. The molecular weight excluding hydrogens is 374 g/mol. The van der Waals surface area contributed by atoms with E-state index in [-0.39, 0.29) is 11.5 Å². The number of anilines is 2. The maximum absolute atomic E-state index is 12.2. The Labute approximate surface area is 168 Å². The van der Waals surface area contributed by atoms with E-state index in [4.69, 9.17) is 11.6 Å². The van der Waals surface area contributed by atoms with Crippen LogP contribution in [0, 0.1) is 0 Å². The van der Waals surface area contributed by atoms with E-state index in [2.05, 4.69) is 10.3 Å². The molecule has 142 valence electrons. The number of nitrogens with one attached hydrogen (secondary N) is 2. The average Bonchev–Trinajstić information content (AvgIpc) is 3.14. The van der Waals surface area contributed by atoms with Crippen LogP contribution in [0.3, 0.4) is 0 Å². The van der Waals surface area contributed by atoms with Crippen LogP contribution >= 0.6 is 11.6 Å². The number of benzene rings is 2. The Morgan fingerprint density at radius 3 is 2.43 bits per heavy atom. The molecule has 1 amide bonds. The van der Waals surface area contributed by atoms with Crippen LogP contribution in [-0.2, 0) is 11.3 Å². The molecule has 2 heterocycles. The Balaban J connectivity index is 1.47. The minimum absolute atomic E-state index is 0.121. The van der Waals surface area contributed by atoms with Crippen LogP contribution in [0.25, 0.3) is 11.1 Å². The molecule has 1 aliphatic heterocycles. The molecule has 4 rings (SSSR count). The molecule has 0 atom stereocenters. The lowest BCUT2D eigenvalue weighted by Crippen LogP contribution is -2.23. The molecule has 0 unspecified atom stereocenters. The molecule has 3 aromatic rings. The lowest BCUT2D eigenvalue weighted by Gasteiger charge is -2.16. The zero-order valence-corrected chi connectivity index (χ0v) is 16.0. The summed E-state index contributed by atoms with van der Waals surface area (Å²) in [6, 6.07) is 17.1. The number of amides is 1. The molecule has 2 N–H and O–H groups in total. The molecule has 1 saturated heterocycles. The summed E-state index contributed by atoms with van der Waals surface area (Å²) >= 11 is 5.94. The van der Waals surface area contributed by atoms with E-state index in [1.54, 1.807) is 6.20 Å². The Bertz CT molecular complexity index is 1040. The molecular formula is C22H20ClN3O2. The van der Waals surface area contributed by atoms with Crippen molar-refractivity contribution in [1.29, 1.82) is 0 Å². The van der Waals surface area contributed by atoms with Crippen molar-refractivity contribution in [3.8, 4) is 11.1 Å². The number of aromatic nitrogens is 1. The highest BCUT2D eigenvalue weighted by Crippen LogP contribution is 2.24. The van der Waals surface area contributed by atoms with Gasteiger partial charge in [0.15, 0.2) is 0 Å². The van der Waals surface area contributed by atoms with Crippen molar-refractivity contribution in [1.82, 2.24) is 4.98 Å². The van der Waals surface area contributed by atoms with E-state index in [0.717, 1.165) is 35.5 Å². The first kappa shape index (κ1) is 18.3. The molecule has 0 bridgehead atoms. The minimum Gasteiger partial charge on any atom is -0.381 e. The predicted octanol–water partition coefficient (Wildman–Crippen LogP) is 4.43. The summed E-state index contributed by atoms with van der Waals surface area (Å²) in [4.78, 5) is 28.6. The lowest BCUT2D eigenvalue weighted by atomic mass is 10.1. The van der Waals surface area contributed by atoms with Gasteiger partial charge >= 0.3 is 0 Å². The average molecular weight is 394 g/mol. The van der Waals surface area contributed by atoms with Crippen molar-refractivity contribution in [3.63, 3.8) is 0 Å². The van der Waals surface area contributed by atoms with Gasteiger partial charge in [0, 0.05) is 47.7 Å². The van der Waals surface area contributed by atoms with Crippen molar-refractivity contribution >= 4 is 28.9 Å². The van der Waals surface area contributed by atoms with E-state index in [0.29, 0.717) is 23.6 Å². The topological polar surface area (TPSA) is 65.2 Å². The lowest BCUT2D eigenvalue weighted by molar-refractivity contribution is -0.117. The fourth-order valence-electron chi connectivity index (χ4n) is 3.35. The van der Waals surface area contributed by atoms with E-state index in [9.17, 15) is 9.59 Å². The summed E-state index contributed by atoms with van der Waals surface area (Å²) in [5.41, 5.74) is 4.25. The van der Waals surface area contributed by atoms with Crippen LogP contribution in [0.2, 0.25) is 5.02 Å². The number of rotatable bonds is 5. The zero-order valence-electron chi connectivity index (χ0n) is 15.2. The van der Waals surface area contributed by atoms with Gasteiger partial charge in [-0.25, -0.2) is 0 Å². The van der Waals surface area contributed by atoms with Gasteiger partial charge in [0.25, 0.3) is 5.56 Å². The Morgan fingerprint density at radius 1 is 1.00 bits per heavy atom. The number of carbonyl (C=O) groups is 1. The Hall–Kier alpha value is -3.05. The van der Waals surface area contributed by atoms with Gasteiger partial charge < -0.3 is 15.2 Å². The van der Waals surface area contributed by atoms with Gasteiger partial charge in [0.05, 0.1) is 0 Å². The van der Waals surface area contributed by atoms with Crippen molar-refractivity contribution in [2.24, 2.45) is 0 Å². The second-order valence-electron chi connectivity index (χ2n) is 6.80. The molecule has 1 aliphatic rings. The van der Waals surface area contributed by atoms with Crippen LogP contribution in [0.4, 0.5) is 11.4 Å². The van der Waals surface area contributed by atoms with Crippen LogP contribution in [0.15, 0.2) is 65.6 Å². The van der Waals surface area contributed by atoms with Gasteiger partial charge in [-0.2, -0.15) is 0 Å². The quantitative estimate of drug-likeness (QED) is 0.673. The number of pyridine rings is 1. The van der Waals surface area contributed by atoms with Gasteiger partial charge in [-0.05, 0) is 60.0 Å². The van der Waals surface area contributed by atoms with E-state index < -0.39 is 0 Å². The number of hydrogen-bond acceptors (Lipinski definition) is 3. The highest BCUT2D eigenvalue weighted by Gasteiger charge is 2.21. The van der Waals surface area contributed by atoms with Crippen LogP contribution in [0.5, 0.6) is 0 Å². The molecule has 0 aliphatic carbocycles. The Kier molecular flexibility index (Phi) is 5.17. The second-order valence-corrected chi connectivity index (χ2v) is 7.24. The number of carbonyl (C=O) groups excluding carboxylic acids is 1.